The summed E-state index contributed by atoms with van der Waals surface area (Å²) in [5.41, 5.74) is -0.0345. The summed E-state index contributed by atoms with van der Waals surface area (Å²) in [5.74, 6) is -1.20. The van der Waals surface area contributed by atoms with Gasteiger partial charge in [-0.25, -0.2) is 8.42 Å². The van der Waals surface area contributed by atoms with Gasteiger partial charge in [0.1, 0.15) is 12.6 Å². The van der Waals surface area contributed by atoms with Crippen molar-refractivity contribution in [2.45, 2.75) is 63.7 Å². The Labute approximate surface area is 255 Å². The number of amides is 2. The van der Waals surface area contributed by atoms with E-state index in [1.165, 1.54) is 29.2 Å². The second kappa shape index (κ2) is 14.7. The van der Waals surface area contributed by atoms with Gasteiger partial charge in [-0.05, 0) is 55.7 Å². The first-order valence-electron chi connectivity index (χ1n) is 13.9. The Balaban J connectivity index is 2.13. The number of aryl methyl sites for hydroxylation is 1. The minimum absolute atomic E-state index is 0.0320. The quantitative estimate of drug-likeness (QED) is 0.214. The van der Waals surface area contributed by atoms with Crippen LogP contribution in [0.4, 0.5) is 18.9 Å². The van der Waals surface area contributed by atoms with Crippen LogP contribution in [0.5, 0.6) is 0 Å². The molecule has 7 nitrogen and oxygen atoms in total. The summed E-state index contributed by atoms with van der Waals surface area (Å²) >= 11 is 6.29. The minimum Gasteiger partial charge on any atom is -0.354 e. The lowest BCUT2D eigenvalue weighted by molar-refractivity contribution is -0.140. The predicted octanol–water partition coefficient (Wildman–Crippen LogP) is 6.59. The van der Waals surface area contributed by atoms with Crippen molar-refractivity contribution in [3.05, 3.63) is 94.5 Å². The molecular formula is C31H35ClF3N3O4S. The number of nitrogens with zero attached hydrogens (tertiary/aromatic N) is 2. The molecule has 232 valence electrons. The highest BCUT2D eigenvalue weighted by molar-refractivity contribution is 7.92. The first kappa shape index (κ1) is 33.9. The predicted molar refractivity (Wildman–Crippen MR) is 161 cm³/mol. The molecule has 3 rings (SSSR count). The van der Waals surface area contributed by atoms with Crippen LogP contribution in [-0.4, -0.2) is 44.3 Å². The number of unbranched alkanes of at least 4 members (excludes halogenated alkanes) is 1. The lowest BCUT2D eigenvalue weighted by Gasteiger charge is -2.33. The zero-order chi connectivity index (χ0) is 31.8. The zero-order valence-corrected chi connectivity index (χ0v) is 25.8. The van der Waals surface area contributed by atoms with Crippen LogP contribution >= 0.6 is 11.6 Å². The average Bonchev–Trinajstić information content (AvgIpc) is 2.96. The molecule has 3 aromatic rings. The topological polar surface area (TPSA) is 86.8 Å². The Morgan fingerprint density at radius 1 is 0.977 bits per heavy atom. The molecule has 0 heterocycles. The van der Waals surface area contributed by atoms with Crippen molar-refractivity contribution in [1.29, 1.82) is 0 Å². The molecule has 0 aromatic heterocycles. The molecule has 0 aliphatic heterocycles. The number of hydrogen-bond donors (Lipinski definition) is 1. The monoisotopic (exact) mass is 637 g/mol. The molecule has 1 N–H and O–H groups in total. The highest BCUT2D eigenvalue weighted by Crippen LogP contribution is 2.37. The molecule has 43 heavy (non-hydrogen) atoms. The smallest absolute Gasteiger partial charge is 0.354 e. The number of hydrogen-bond acceptors (Lipinski definition) is 4. The molecule has 0 bridgehead atoms. The van der Waals surface area contributed by atoms with E-state index in [2.05, 4.69) is 5.32 Å². The standard InChI is InChI=1S/C31H35ClF3N3O4S/c1-4-6-17-36-30(40)27(5-2)37(20-23-12-10-11-22(3)18-23)29(39)21-38(43(41,42)25-13-8-7-9-14-25)28-19-24(31(33,34)35)15-16-26(28)32/h7-16,18-19,27H,4-6,17,20-21H2,1-3H3,(H,36,40)/t27-/m0/s1. The van der Waals surface area contributed by atoms with Crippen molar-refractivity contribution in [2.75, 3.05) is 17.4 Å². The number of carbonyl (C=O) groups is 2. The van der Waals surface area contributed by atoms with Gasteiger partial charge in [-0.15, -0.1) is 0 Å². The van der Waals surface area contributed by atoms with Gasteiger partial charge in [0.2, 0.25) is 11.8 Å². The summed E-state index contributed by atoms with van der Waals surface area (Å²) in [7, 11) is -4.58. The number of sulfonamides is 1. The van der Waals surface area contributed by atoms with Crippen LogP contribution < -0.4 is 9.62 Å². The molecule has 0 saturated carbocycles. The summed E-state index contributed by atoms with van der Waals surface area (Å²) < 4.78 is 69.4. The number of anilines is 1. The molecule has 12 heteroatoms. The second-order valence-electron chi connectivity index (χ2n) is 10.1. The van der Waals surface area contributed by atoms with E-state index in [9.17, 15) is 31.2 Å². The third kappa shape index (κ3) is 8.73. The number of benzene rings is 3. The highest BCUT2D eigenvalue weighted by Gasteiger charge is 2.37. The molecule has 0 unspecified atom stereocenters. The molecule has 0 aliphatic carbocycles. The lowest BCUT2D eigenvalue weighted by Crippen LogP contribution is -2.52. The van der Waals surface area contributed by atoms with Crippen LogP contribution in [0.1, 0.15) is 49.8 Å². The third-order valence-corrected chi connectivity index (χ3v) is 8.90. The van der Waals surface area contributed by atoms with Gasteiger partial charge in [0, 0.05) is 13.1 Å². The van der Waals surface area contributed by atoms with Crippen LogP contribution in [0.2, 0.25) is 5.02 Å². The summed E-state index contributed by atoms with van der Waals surface area (Å²) in [4.78, 5) is 28.4. The number of rotatable bonds is 13. The molecule has 2 amide bonds. The maximum Gasteiger partial charge on any atom is 0.416 e. The summed E-state index contributed by atoms with van der Waals surface area (Å²) in [6, 6.07) is 15.6. The Morgan fingerprint density at radius 3 is 2.28 bits per heavy atom. The van der Waals surface area contributed by atoms with Crippen LogP contribution in [-0.2, 0) is 32.3 Å². The fraction of sp³-hybridized carbons (Fsp3) is 0.355. The van der Waals surface area contributed by atoms with Crippen LogP contribution in [0.3, 0.4) is 0 Å². The van der Waals surface area contributed by atoms with E-state index in [0.717, 1.165) is 30.5 Å². The van der Waals surface area contributed by atoms with Gasteiger partial charge in [-0.2, -0.15) is 13.2 Å². The summed E-state index contributed by atoms with van der Waals surface area (Å²) in [6.07, 6.45) is -3.02. The zero-order valence-electron chi connectivity index (χ0n) is 24.2. The van der Waals surface area contributed by atoms with Gasteiger partial charge >= 0.3 is 6.18 Å². The molecule has 3 aromatic carbocycles. The van der Waals surface area contributed by atoms with Crippen LogP contribution in [0, 0.1) is 6.92 Å². The Bertz CT molecular complexity index is 1520. The van der Waals surface area contributed by atoms with E-state index in [1.807, 2.05) is 26.0 Å². The van der Waals surface area contributed by atoms with Gasteiger partial charge in [0.05, 0.1) is 21.2 Å². The van der Waals surface area contributed by atoms with Gasteiger partial charge < -0.3 is 10.2 Å². The van der Waals surface area contributed by atoms with Gasteiger partial charge in [0.25, 0.3) is 10.0 Å². The largest absolute Gasteiger partial charge is 0.416 e. The fourth-order valence-corrected chi connectivity index (χ4v) is 6.26. The first-order valence-corrected chi connectivity index (χ1v) is 15.7. The van der Waals surface area contributed by atoms with E-state index in [1.54, 1.807) is 25.1 Å². The SMILES string of the molecule is CCCCNC(=O)[C@H](CC)N(Cc1cccc(C)c1)C(=O)CN(c1cc(C(F)(F)F)ccc1Cl)S(=O)(=O)c1ccccc1. The van der Waals surface area contributed by atoms with Gasteiger partial charge in [-0.1, -0.05) is 79.9 Å². The molecule has 0 radical (unpaired) electrons. The van der Waals surface area contributed by atoms with Crippen molar-refractivity contribution in [3.63, 3.8) is 0 Å². The van der Waals surface area contributed by atoms with Crippen molar-refractivity contribution in [2.24, 2.45) is 0 Å². The van der Waals surface area contributed by atoms with Crippen LogP contribution in [0.15, 0.2) is 77.7 Å². The number of nitrogens with one attached hydrogen (secondary N) is 1. The molecular weight excluding hydrogens is 603 g/mol. The summed E-state index contributed by atoms with van der Waals surface area (Å²) in [6.45, 7) is 5.03. The van der Waals surface area contributed by atoms with Crippen molar-refractivity contribution in [3.8, 4) is 0 Å². The molecule has 0 aliphatic rings. The van der Waals surface area contributed by atoms with Crippen LogP contribution in [0.25, 0.3) is 0 Å². The van der Waals surface area contributed by atoms with E-state index in [4.69, 9.17) is 11.6 Å². The maximum absolute atomic E-state index is 14.1. The van der Waals surface area contributed by atoms with Crippen molar-refractivity contribution < 1.29 is 31.2 Å². The number of halogens is 4. The normalized spacial score (nSPS) is 12.4. The molecule has 0 fully saturated rings. The molecule has 0 spiro atoms. The van der Waals surface area contributed by atoms with E-state index in [-0.39, 0.29) is 22.9 Å². The number of carbonyl (C=O) groups excluding carboxylic acids is 2. The lowest BCUT2D eigenvalue weighted by atomic mass is 10.1. The Hall–Kier alpha value is -3.57. The Kier molecular flexibility index (Phi) is 11.6. The Morgan fingerprint density at radius 2 is 1.67 bits per heavy atom. The average molecular weight is 638 g/mol. The second-order valence-corrected chi connectivity index (χ2v) is 12.3. The molecule has 0 saturated heterocycles. The van der Waals surface area contributed by atoms with E-state index < -0.39 is 51.9 Å². The number of alkyl halides is 3. The molecule has 1 atom stereocenters. The van der Waals surface area contributed by atoms with Crippen molar-refractivity contribution >= 4 is 39.1 Å². The van der Waals surface area contributed by atoms with Gasteiger partial charge in [-0.3, -0.25) is 13.9 Å². The van der Waals surface area contributed by atoms with Crippen molar-refractivity contribution in [1.82, 2.24) is 10.2 Å². The minimum atomic E-state index is -4.80. The summed E-state index contributed by atoms with van der Waals surface area (Å²) in [5, 5.41) is 2.53. The first-order chi connectivity index (χ1) is 20.3. The maximum atomic E-state index is 14.1. The fourth-order valence-electron chi connectivity index (χ4n) is 4.55. The van der Waals surface area contributed by atoms with E-state index in [0.29, 0.717) is 22.5 Å². The highest BCUT2D eigenvalue weighted by atomic mass is 35.5. The third-order valence-electron chi connectivity index (χ3n) is 6.80. The van der Waals surface area contributed by atoms with Gasteiger partial charge in [0.15, 0.2) is 0 Å². The van der Waals surface area contributed by atoms with E-state index >= 15 is 0 Å².